The van der Waals surface area contributed by atoms with Gasteiger partial charge in [0.25, 0.3) is 0 Å². The molecule has 0 heterocycles. The summed E-state index contributed by atoms with van der Waals surface area (Å²) in [6, 6.07) is 8.76. The maximum absolute atomic E-state index is 11.8. The van der Waals surface area contributed by atoms with Gasteiger partial charge in [0, 0.05) is 0 Å². The molecular formula is C16H14Cl2O5S. The summed E-state index contributed by atoms with van der Waals surface area (Å²) in [4.78, 5) is 10.9. The standard InChI is InChI=1S/C16H14Cl2O5S/c1-2-24(21,22)11-4-6-14(13(18)9-11)23-15-7-10(8-16(19)20)3-5-12(15)17/h3-7,9H,2,8H2,1H3,(H,19,20). The minimum atomic E-state index is -3.37. The summed E-state index contributed by atoms with van der Waals surface area (Å²) in [5.74, 6) is -0.549. The van der Waals surface area contributed by atoms with Gasteiger partial charge in [-0.25, -0.2) is 8.42 Å². The number of carboxylic acids is 1. The van der Waals surface area contributed by atoms with Gasteiger partial charge < -0.3 is 9.84 Å². The Morgan fingerprint density at radius 1 is 1.08 bits per heavy atom. The maximum atomic E-state index is 11.8. The monoisotopic (exact) mass is 388 g/mol. The van der Waals surface area contributed by atoms with Crippen LogP contribution < -0.4 is 4.74 Å². The minimum Gasteiger partial charge on any atom is -0.481 e. The molecule has 0 aliphatic rings. The van der Waals surface area contributed by atoms with Crippen molar-refractivity contribution in [2.45, 2.75) is 18.2 Å². The number of hydrogen-bond acceptors (Lipinski definition) is 4. The zero-order valence-corrected chi connectivity index (χ0v) is 15.0. The van der Waals surface area contributed by atoms with Crippen molar-refractivity contribution < 1.29 is 23.1 Å². The van der Waals surface area contributed by atoms with E-state index in [-0.39, 0.29) is 38.6 Å². The van der Waals surface area contributed by atoms with Crippen molar-refractivity contribution in [2.75, 3.05) is 5.75 Å². The number of sulfone groups is 1. The van der Waals surface area contributed by atoms with Crippen LogP contribution in [0.15, 0.2) is 41.3 Å². The Hall–Kier alpha value is -1.76. The quantitative estimate of drug-likeness (QED) is 0.801. The van der Waals surface area contributed by atoms with Gasteiger partial charge >= 0.3 is 5.97 Å². The van der Waals surface area contributed by atoms with Crippen LogP contribution in [-0.2, 0) is 21.1 Å². The average molecular weight is 389 g/mol. The molecule has 128 valence electrons. The lowest BCUT2D eigenvalue weighted by Gasteiger charge is -2.11. The molecule has 0 unspecified atom stereocenters. The molecule has 0 amide bonds. The van der Waals surface area contributed by atoms with E-state index in [0.29, 0.717) is 5.56 Å². The van der Waals surface area contributed by atoms with Gasteiger partial charge in [0.05, 0.1) is 27.1 Å². The molecule has 2 aromatic rings. The summed E-state index contributed by atoms with van der Waals surface area (Å²) in [7, 11) is -3.37. The number of ether oxygens (including phenoxy) is 1. The summed E-state index contributed by atoms with van der Waals surface area (Å²) in [6.07, 6.45) is -0.172. The molecule has 0 spiro atoms. The van der Waals surface area contributed by atoms with Crippen molar-refractivity contribution >= 4 is 39.0 Å². The molecule has 2 rings (SSSR count). The number of carboxylic acid groups (broad SMARTS) is 1. The molecule has 0 aliphatic heterocycles. The molecule has 0 radical (unpaired) electrons. The van der Waals surface area contributed by atoms with Crippen molar-refractivity contribution in [1.29, 1.82) is 0 Å². The highest BCUT2D eigenvalue weighted by Gasteiger charge is 2.15. The summed E-state index contributed by atoms with van der Waals surface area (Å²) in [5.41, 5.74) is 0.517. The fraction of sp³-hybridized carbons (Fsp3) is 0.188. The number of aliphatic carboxylic acids is 1. The van der Waals surface area contributed by atoms with Crippen LogP contribution in [0.2, 0.25) is 10.0 Å². The van der Waals surface area contributed by atoms with Crippen molar-refractivity contribution in [1.82, 2.24) is 0 Å². The lowest BCUT2D eigenvalue weighted by atomic mass is 10.1. The van der Waals surface area contributed by atoms with E-state index in [1.807, 2.05) is 0 Å². The summed E-state index contributed by atoms with van der Waals surface area (Å²) in [5, 5.41) is 9.24. The highest BCUT2D eigenvalue weighted by Crippen LogP contribution is 2.35. The van der Waals surface area contributed by atoms with Crippen LogP contribution in [0.1, 0.15) is 12.5 Å². The normalized spacial score (nSPS) is 11.3. The predicted molar refractivity (Wildman–Crippen MR) is 92.0 cm³/mol. The fourth-order valence-electron chi connectivity index (χ4n) is 1.95. The van der Waals surface area contributed by atoms with Crippen LogP contribution in [0.4, 0.5) is 0 Å². The van der Waals surface area contributed by atoms with Gasteiger partial charge in [-0.2, -0.15) is 0 Å². The first-order valence-corrected chi connectivity index (χ1v) is 9.34. The van der Waals surface area contributed by atoms with Gasteiger partial charge in [0.2, 0.25) is 0 Å². The van der Waals surface area contributed by atoms with Crippen LogP contribution in [0.25, 0.3) is 0 Å². The maximum Gasteiger partial charge on any atom is 0.307 e. The summed E-state index contributed by atoms with van der Waals surface area (Å²) in [6.45, 7) is 1.54. The highest BCUT2D eigenvalue weighted by molar-refractivity contribution is 7.91. The molecule has 1 N–H and O–H groups in total. The average Bonchev–Trinajstić information content (AvgIpc) is 2.51. The van der Waals surface area contributed by atoms with E-state index in [1.54, 1.807) is 13.0 Å². The van der Waals surface area contributed by atoms with Gasteiger partial charge in [-0.15, -0.1) is 0 Å². The Morgan fingerprint density at radius 2 is 1.79 bits per heavy atom. The molecule has 0 saturated heterocycles. The largest absolute Gasteiger partial charge is 0.481 e. The van der Waals surface area contributed by atoms with Crippen LogP contribution >= 0.6 is 23.2 Å². The molecule has 0 bridgehead atoms. The number of benzene rings is 2. The molecule has 0 aromatic heterocycles. The van der Waals surface area contributed by atoms with Crippen LogP contribution in [0.5, 0.6) is 11.5 Å². The Bertz CT molecular complexity index is 878. The topological polar surface area (TPSA) is 80.7 Å². The van der Waals surface area contributed by atoms with Crippen LogP contribution in [-0.4, -0.2) is 25.2 Å². The number of rotatable bonds is 6. The van der Waals surface area contributed by atoms with E-state index in [0.717, 1.165) is 0 Å². The fourth-order valence-corrected chi connectivity index (χ4v) is 3.30. The first-order chi connectivity index (χ1) is 11.2. The van der Waals surface area contributed by atoms with Crippen molar-refractivity contribution in [3.63, 3.8) is 0 Å². The molecule has 0 fully saturated rings. The van der Waals surface area contributed by atoms with Crippen molar-refractivity contribution in [2.24, 2.45) is 0 Å². The molecule has 8 heteroatoms. The molecular weight excluding hydrogens is 375 g/mol. The first kappa shape index (κ1) is 18.6. The molecule has 2 aromatic carbocycles. The number of carbonyl (C=O) groups is 1. The third-order valence-corrected chi connectivity index (χ3v) is 5.55. The predicted octanol–water partition coefficient (Wildman–Crippen LogP) is 4.21. The Balaban J connectivity index is 2.33. The zero-order valence-electron chi connectivity index (χ0n) is 12.6. The first-order valence-electron chi connectivity index (χ1n) is 6.93. The molecule has 24 heavy (non-hydrogen) atoms. The van der Waals surface area contributed by atoms with Crippen molar-refractivity contribution in [3.05, 3.63) is 52.0 Å². The van der Waals surface area contributed by atoms with E-state index in [4.69, 9.17) is 33.0 Å². The second-order valence-corrected chi connectivity index (χ2v) is 8.03. The third kappa shape index (κ3) is 4.41. The van der Waals surface area contributed by atoms with Crippen LogP contribution in [0, 0.1) is 0 Å². The van der Waals surface area contributed by atoms with E-state index in [1.165, 1.54) is 30.3 Å². The van der Waals surface area contributed by atoms with Gasteiger partial charge in [0.15, 0.2) is 9.84 Å². The summed E-state index contributed by atoms with van der Waals surface area (Å²) < 4.78 is 29.3. The highest BCUT2D eigenvalue weighted by atomic mass is 35.5. The zero-order chi connectivity index (χ0) is 17.9. The lowest BCUT2D eigenvalue weighted by molar-refractivity contribution is -0.136. The number of hydrogen-bond donors (Lipinski definition) is 1. The Kier molecular flexibility index (Phi) is 5.74. The molecule has 0 atom stereocenters. The van der Waals surface area contributed by atoms with Gasteiger partial charge in [-0.1, -0.05) is 36.2 Å². The van der Waals surface area contributed by atoms with Gasteiger partial charge in [-0.3, -0.25) is 4.79 Å². The van der Waals surface area contributed by atoms with Crippen molar-refractivity contribution in [3.8, 4) is 11.5 Å². The molecule has 0 saturated carbocycles. The lowest BCUT2D eigenvalue weighted by Crippen LogP contribution is -2.03. The Labute approximate surface area is 149 Å². The second kappa shape index (κ2) is 7.42. The van der Waals surface area contributed by atoms with E-state index >= 15 is 0 Å². The van der Waals surface area contributed by atoms with E-state index in [2.05, 4.69) is 0 Å². The minimum absolute atomic E-state index is 0.0351. The second-order valence-electron chi connectivity index (χ2n) is 4.93. The smallest absolute Gasteiger partial charge is 0.307 e. The summed E-state index contributed by atoms with van der Waals surface area (Å²) >= 11 is 12.1. The van der Waals surface area contributed by atoms with Gasteiger partial charge in [-0.05, 0) is 35.9 Å². The number of halogens is 2. The third-order valence-electron chi connectivity index (χ3n) is 3.21. The van der Waals surface area contributed by atoms with Gasteiger partial charge in [0.1, 0.15) is 11.5 Å². The molecule has 5 nitrogen and oxygen atoms in total. The Morgan fingerprint density at radius 3 is 2.38 bits per heavy atom. The molecule has 0 aliphatic carbocycles. The van der Waals surface area contributed by atoms with E-state index < -0.39 is 15.8 Å². The van der Waals surface area contributed by atoms with Crippen LogP contribution in [0.3, 0.4) is 0 Å². The SMILES string of the molecule is CCS(=O)(=O)c1ccc(Oc2cc(CC(=O)O)ccc2Cl)c(Cl)c1. The van der Waals surface area contributed by atoms with E-state index in [9.17, 15) is 13.2 Å².